The van der Waals surface area contributed by atoms with Crippen LogP contribution in [0.5, 0.6) is 0 Å². The number of benzene rings is 1. The summed E-state index contributed by atoms with van der Waals surface area (Å²) in [6, 6.07) is 2.11. The summed E-state index contributed by atoms with van der Waals surface area (Å²) in [5.41, 5.74) is -0.0260. The average molecular weight is 209 g/mol. The molecule has 0 heterocycles. The lowest BCUT2D eigenvalue weighted by Crippen LogP contribution is -2.30. The van der Waals surface area contributed by atoms with Crippen LogP contribution in [0, 0.1) is 5.82 Å². The normalized spacial score (nSPS) is 10.1. The molecule has 64 valence electrons. The van der Waals surface area contributed by atoms with Gasteiger partial charge in [0, 0.05) is 0 Å². The summed E-state index contributed by atoms with van der Waals surface area (Å²) >= 11 is 10.9. The van der Waals surface area contributed by atoms with Crippen molar-refractivity contribution in [2.45, 2.75) is 0 Å². The number of hydrogen-bond donors (Lipinski definition) is 2. The van der Waals surface area contributed by atoms with E-state index in [1.54, 1.807) is 0 Å². The molecular formula is C6H4BCl2FO2. The van der Waals surface area contributed by atoms with Crippen LogP contribution in [-0.2, 0) is 0 Å². The Morgan fingerprint density at radius 3 is 2.25 bits per heavy atom. The molecule has 1 aromatic carbocycles. The van der Waals surface area contributed by atoms with Crippen LogP contribution in [-0.4, -0.2) is 17.2 Å². The molecule has 0 aromatic heterocycles. The molecule has 1 rings (SSSR count). The zero-order valence-corrected chi connectivity index (χ0v) is 7.27. The summed E-state index contributed by atoms with van der Waals surface area (Å²) in [5.74, 6) is -0.771. The Morgan fingerprint density at radius 1 is 1.25 bits per heavy atom. The molecule has 12 heavy (non-hydrogen) atoms. The fraction of sp³-hybridized carbons (Fsp3) is 0. The van der Waals surface area contributed by atoms with Crippen molar-refractivity contribution >= 4 is 35.8 Å². The van der Waals surface area contributed by atoms with E-state index < -0.39 is 12.9 Å². The summed E-state index contributed by atoms with van der Waals surface area (Å²) in [6.07, 6.45) is 0. The second-order valence-corrected chi connectivity index (χ2v) is 2.96. The molecule has 0 aliphatic heterocycles. The highest BCUT2D eigenvalue weighted by atomic mass is 35.5. The zero-order chi connectivity index (χ0) is 9.30. The van der Waals surface area contributed by atoms with Gasteiger partial charge in [-0.05, 0) is 17.6 Å². The van der Waals surface area contributed by atoms with E-state index in [1.807, 2.05) is 0 Å². The second-order valence-electron chi connectivity index (χ2n) is 2.17. The van der Waals surface area contributed by atoms with Crippen LogP contribution in [0.2, 0.25) is 10.0 Å². The Balaban J connectivity index is 3.21. The van der Waals surface area contributed by atoms with Gasteiger partial charge in [0.2, 0.25) is 0 Å². The van der Waals surface area contributed by atoms with Gasteiger partial charge in [-0.2, -0.15) is 0 Å². The van der Waals surface area contributed by atoms with Gasteiger partial charge < -0.3 is 10.0 Å². The molecular weight excluding hydrogens is 205 g/mol. The van der Waals surface area contributed by atoms with Crippen molar-refractivity contribution in [2.75, 3.05) is 0 Å². The molecule has 0 saturated carbocycles. The van der Waals surface area contributed by atoms with Crippen LogP contribution in [0.15, 0.2) is 12.1 Å². The van der Waals surface area contributed by atoms with Crippen molar-refractivity contribution in [1.29, 1.82) is 0 Å². The van der Waals surface area contributed by atoms with Crippen molar-refractivity contribution in [3.8, 4) is 0 Å². The van der Waals surface area contributed by atoms with Crippen molar-refractivity contribution in [2.24, 2.45) is 0 Å². The molecule has 0 aliphatic rings. The highest BCUT2D eigenvalue weighted by molar-refractivity contribution is 6.59. The Kier molecular flexibility index (Phi) is 2.96. The van der Waals surface area contributed by atoms with E-state index in [4.69, 9.17) is 33.2 Å². The van der Waals surface area contributed by atoms with E-state index in [-0.39, 0.29) is 15.5 Å². The monoisotopic (exact) mass is 208 g/mol. The van der Waals surface area contributed by atoms with Crippen molar-refractivity contribution < 1.29 is 14.4 Å². The number of hydrogen-bond acceptors (Lipinski definition) is 2. The van der Waals surface area contributed by atoms with Crippen LogP contribution in [0.4, 0.5) is 4.39 Å². The summed E-state index contributed by atoms with van der Waals surface area (Å²) in [6.45, 7) is 0. The fourth-order valence-electron chi connectivity index (χ4n) is 0.724. The minimum Gasteiger partial charge on any atom is -0.423 e. The first-order chi connectivity index (χ1) is 5.52. The van der Waals surface area contributed by atoms with E-state index >= 15 is 0 Å². The molecule has 0 spiro atoms. The highest BCUT2D eigenvalue weighted by Gasteiger charge is 2.15. The first kappa shape index (κ1) is 9.80. The largest absolute Gasteiger partial charge is 0.488 e. The van der Waals surface area contributed by atoms with Crippen molar-refractivity contribution in [3.05, 3.63) is 28.0 Å². The van der Waals surface area contributed by atoms with Crippen molar-refractivity contribution in [3.63, 3.8) is 0 Å². The molecule has 0 aliphatic carbocycles. The van der Waals surface area contributed by atoms with Crippen LogP contribution in [0.3, 0.4) is 0 Å². The molecule has 2 N–H and O–H groups in total. The van der Waals surface area contributed by atoms with Crippen LogP contribution < -0.4 is 5.46 Å². The maximum atomic E-state index is 12.8. The first-order valence-corrected chi connectivity index (χ1v) is 3.78. The van der Waals surface area contributed by atoms with Gasteiger partial charge in [-0.3, -0.25) is 0 Å². The molecule has 0 amide bonds. The number of halogens is 3. The third kappa shape index (κ3) is 1.90. The van der Waals surface area contributed by atoms with Gasteiger partial charge in [0.15, 0.2) is 0 Å². The highest BCUT2D eigenvalue weighted by Crippen LogP contribution is 2.23. The lowest BCUT2D eigenvalue weighted by atomic mass is 9.80. The first-order valence-electron chi connectivity index (χ1n) is 3.03. The second kappa shape index (κ2) is 3.62. The lowest BCUT2D eigenvalue weighted by molar-refractivity contribution is 0.425. The standard InChI is InChI=1S/C6H4BCl2FO2/c8-4-1-3(7(11)12)2-5(10)6(4)9/h1-2,11-12H. The molecule has 0 unspecified atom stereocenters. The molecule has 2 nitrogen and oxygen atoms in total. The van der Waals surface area contributed by atoms with E-state index in [9.17, 15) is 4.39 Å². The quantitative estimate of drug-likeness (QED) is 0.530. The predicted molar refractivity (Wildman–Crippen MR) is 46.2 cm³/mol. The van der Waals surface area contributed by atoms with Crippen LogP contribution in [0.1, 0.15) is 0 Å². The molecule has 1 aromatic rings. The topological polar surface area (TPSA) is 40.5 Å². The minimum atomic E-state index is -1.74. The van der Waals surface area contributed by atoms with Gasteiger partial charge >= 0.3 is 7.12 Å². The number of rotatable bonds is 1. The average Bonchev–Trinajstić information content (AvgIpc) is 1.99. The molecule has 0 fully saturated rings. The van der Waals surface area contributed by atoms with Gasteiger partial charge in [-0.25, -0.2) is 4.39 Å². The van der Waals surface area contributed by atoms with E-state index in [1.165, 1.54) is 6.07 Å². The maximum absolute atomic E-state index is 12.8. The summed E-state index contributed by atoms with van der Waals surface area (Å²) in [7, 11) is -1.74. The SMILES string of the molecule is OB(O)c1cc(F)c(Cl)c(Cl)c1. The molecule has 0 saturated heterocycles. The Bertz CT molecular complexity index is 283. The Hall–Kier alpha value is -0.285. The molecule has 0 atom stereocenters. The third-order valence-corrected chi connectivity index (χ3v) is 2.08. The van der Waals surface area contributed by atoms with Crippen molar-refractivity contribution in [1.82, 2.24) is 0 Å². The van der Waals surface area contributed by atoms with E-state index in [0.717, 1.165) is 6.07 Å². The van der Waals surface area contributed by atoms with Gasteiger partial charge in [-0.15, -0.1) is 0 Å². The zero-order valence-electron chi connectivity index (χ0n) is 5.76. The van der Waals surface area contributed by atoms with Gasteiger partial charge in [0.05, 0.1) is 10.0 Å². The predicted octanol–water partition coefficient (Wildman–Crippen LogP) is 0.812. The smallest absolute Gasteiger partial charge is 0.423 e. The molecule has 6 heteroatoms. The van der Waals surface area contributed by atoms with E-state index in [2.05, 4.69) is 0 Å². The Labute approximate surface area is 78.7 Å². The van der Waals surface area contributed by atoms with E-state index in [0.29, 0.717) is 0 Å². The fourth-order valence-corrected chi connectivity index (χ4v) is 1.05. The van der Waals surface area contributed by atoms with Gasteiger partial charge in [0.25, 0.3) is 0 Å². The Morgan fingerprint density at radius 2 is 1.83 bits per heavy atom. The molecule has 0 bridgehead atoms. The van der Waals surface area contributed by atoms with Gasteiger partial charge in [-0.1, -0.05) is 23.2 Å². The van der Waals surface area contributed by atoms with Gasteiger partial charge in [0.1, 0.15) is 5.82 Å². The maximum Gasteiger partial charge on any atom is 0.488 e. The summed E-state index contributed by atoms with van der Waals surface area (Å²) in [5, 5.41) is 17.0. The van der Waals surface area contributed by atoms with Crippen LogP contribution in [0.25, 0.3) is 0 Å². The van der Waals surface area contributed by atoms with Crippen LogP contribution >= 0.6 is 23.2 Å². The third-order valence-electron chi connectivity index (χ3n) is 1.30. The lowest BCUT2D eigenvalue weighted by Gasteiger charge is -2.02. The summed E-state index contributed by atoms with van der Waals surface area (Å²) in [4.78, 5) is 0. The minimum absolute atomic E-state index is 0.0260. The molecule has 0 radical (unpaired) electrons. The summed E-state index contributed by atoms with van der Waals surface area (Å²) < 4.78 is 12.8.